The Hall–Kier alpha value is -1.82. The molecule has 0 aromatic carbocycles. The first-order valence-electron chi connectivity index (χ1n) is 9.35. The predicted molar refractivity (Wildman–Crippen MR) is 97.5 cm³/mol. The number of unbranched alkanes of at least 4 members (excludes halogenated alkanes) is 1. The molecule has 0 radical (unpaired) electrons. The zero-order chi connectivity index (χ0) is 18.2. The first-order chi connectivity index (χ1) is 12.0. The van der Waals surface area contributed by atoms with Crippen molar-refractivity contribution in [2.45, 2.75) is 52.0 Å². The van der Waals surface area contributed by atoms with Crippen LogP contribution < -0.4 is 5.32 Å². The number of amides is 1. The van der Waals surface area contributed by atoms with Crippen LogP contribution in [0.1, 0.15) is 68.2 Å². The molecule has 1 aliphatic heterocycles. The molecule has 1 aromatic rings. The van der Waals surface area contributed by atoms with E-state index in [2.05, 4.69) is 17.1 Å². The fraction of sp³-hybridized carbons (Fsp3) is 0.684. The van der Waals surface area contributed by atoms with Crippen molar-refractivity contribution in [3.8, 4) is 0 Å². The molecular formula is C19H31N3O3. The molecular weight excluding hydrogens is 318 g/mol. The van der Waals surface area contributed by atoms with Gasteiger partial charge in [0.15, 0.2) is 0 Å². The number of rotatable bonds is 8. The van der Waals surface area contributed by atoms with Crippen LogP contribution in [0.2, 0.25) is 0 Å². The molecule has 0 bridgehead atoms. The van der Waals surface area contributed by atoms with Crippen LogP contribution in [0.5, 0.6) is 0 Å². The average molecular weight is 349 g/mol. The molecule has 140 valence electrons. The Kier molecular flexibility index (Phi) is 7.50. The second-order valence-corrected chi connectivity index (χ2v) is 6.73. The number of piperidine rings is 1. The van der Waals surface area contributed by atoms with Crippen molar-refractivity contribution in [3.05, 3.63) is 23.5 Å². The highest BCUT2D eigenvalue weighted by molar-refractivity contribution is 5.92. The fourth-order valence-corrected chi connectivity index (χ4v) is 3.36. The molecule has 1 amide bonds. The number of hydrogen-bond donors (Lipinski definition) is 1. The topological polar surface area (TPSA) is 63.6 Å². The average Bonchev–Trinajstić information content (AvgIpc) is 2.98. The Labute approximate surface area is 150 Å². The lowest BCUT2D eigenvalue weighted by Gasteiger charge is -2.34. The van der Waals surface area contributed by atoms with Crippen LogP contribution in [0.3, 0.4) is 0 Å². The van der Waals surface area contributed by atoms with E-state index < -0.39 is 0 Å². The number of nitrogens with zero attached hydrogens (tertiary/aromatic N) is 2. The Morgan fingerprint density at radius 3 is 2.60 bits per heavy atom. The molecule has 1 N–H and O–H groups in total. The summed E-state index contributed by atoms with van der Waals surface area (Å²) < 4.78 is 7.26. The van der Waals surface area contributed by atoms with Crippen LogP contribution in [0.25, 0.3) is 0 Å². The fourth-order valence-electron chi connectivity index (χ4n) is 3.36. The Balaban J connectivity index is 2.15. The van der Waals surface area contributed by atoms with E-state index >= 15 is 0 Å². The number of aromatic nitrogens is 1. The van der Waals surface area contributed by atoms with Crippen LogP contribution in [0.15, 0.2) is 12.1 Å². The van der Waals surface area contributed by atoms with Crippen LogP contribution >= 0.6 is 0 Å². The van der Waals surface area contributed by atoms with Gasteiger partial charge < -0.3 is 14.6 Å². The van der Waals surface area contributed by atoms with Gasteiger partial charge in [-0.3, -0.25) is 14.5 Å². The van der Waals surface area contributed by atoms with Crippen molar-refractivity contribution in [1.29, 1.82) is 0 Å². The van der Waals surface area contributed by atoms with Crippen molar-refractivity contribution in [3.63, 3.8) is 0 Å². The minimum Gasteiger partial charge on any atom is -0.464 e. The first-order valence-corrected chi connectivity index (χ1v) is 9.35. The summed E-state index contributed by atoms with van der Waals surface area (Å²) in [7, 11) is 1.91. The SMILES string of the molecule is CCCCNC(=O)c1ccc(C(COC(C)=O)N2CCCCC2)n1C. The third-order valence-electron chi connectivity index (χ3n) is 4.83. The number of hydrogen-bond acceptors (Lipinski definition) is 4. The molecule has 6 heteroatoms. The summed E-state index contributed by atoms with van der Waals surface area (Å²) in [4.78, 5) is 26.0. The first kappa shape index (κ1) is 19.5. The van der Waals surface area contributed by atoms with Crippen molar-refractivity contribution < 1.29 is 14.3 Å². The van der Waals surface area contributed by atoms with E-state index in [0.717, 1.165) is 44.5 Å². The Morgan fingerprint density at radius 1 is 1.24 bits per heavy atom. The van der Waals surface area contributed by atoms with E-state index in [0.29, 0.717) is 18.8 Å². The number of carbonyl (C=O) groups excluding carboxylic acids is 2. The lowest BCUT2D eigenvalue weighted by molar-refractivity contribution is -0.143. The molecule has 2 heterocycles. The molecule has 2 rings (SSSR count). The smallest absolute Gasteiger partial charge is 0.302 e. The highest BCUT2D eigenvalue weighted by atomic mass is 16.5. The van der Waals surface area contributed by atoms with Gasteiger partial charge in [-0.1, -0.05) is 19.8 Å². The summed E-state index contributed by atoms with van der Waals surface area (Å²) >= 11 is 0. The second kappa shape index (κ2) is 9.61. The van der Waals surface area contributed by atoms with E-state index in [-0.39, 0.29) is 17.9 Å². The van der Waals surface area contributed by atoms with Gasteiger partial charge in [-0.15, -0.1) is 0 Å². The van der Waals surface area contributed by atoms with E-state index in [1.165, 1.54) is 13.3 Å². The molecule has 6 nitrogen and oxygen atoms in total. The van der Waals surface area contributed by atoms with Gasteiger partial charge in [0.2, 0.25) is 0 Å². The van der Waals surface area contributed by atoms with Gasteiger partial charge in [0.1, 0.15) is 12.3 Å². The van der Waals surface area contributed by atoms with Gasteiger partial charge in [-0.25, -0.2) is 0 Å². The second-order valence-electron chi connectivity index (χ2n) is 6.73. The van der Waals surface area contributed by atoms with Crippen molar-refractivity contribution in [1.82, 2.24) is 14.8 Å². The minimum atomic E-state index is -0.270. The predicted octanol–water partition coefficient (Wildman–Crippen LogP) is 2.65. The van der Waals surface area contributed by atoms with Gasteiger partial charge in [0.05, 0.1) is 6.04 Å². The number of nitrogens with one attached hydrogen (secondary N) is 1. The molecule has 25 heavy (non-hydrogen) atoms. The zero-order valence-electron chi connectivity index (χ0n) is 15.7. The van der Waals surface area contributed by atoms with Gasteiger partial charge in [0, 0.05) is 26.2 Å². The molecule has 1 aromatic heterocycles. The summed E-state index contributed by atoms with van der Waals surface area (Å²) in [6.07, 6.45) is 5.59. The highest BCUT2D eigenvalue weighted by Crippen LogP contribution is 2.26. The van der Waals surface area contributed by atoms with Gasteiger partial charge >= 0.3 is 5.97 Å². The van der Waals surface area contributed by atoms with E-state index in [4.69, 9.17) is 4.74 Å². The summed E-state index contributed by atoms with van der Waals surface area (Å²) in [6, 6.07) is 3.84. The summed E-state index contributed by atoms with van der Waals surface area (Å²) in [5.74, 6) is -0.319. The molecule has 1 saturated heterocycles. The maximum atomic E-state index is 12.4. The molecule has 1 fully saturated rings. The maximum absolute atomic E-state index is 12.4. The van der Waals surface area contributed by atoms with Crippen LogP contribution in [0, 0.1) is 0 Å². The monoisotopic (exact) mass is 349 g/mol. The zero-order valence-corrected chi connectivity index (χ0v) is 15.7. The van der Waals surface area contributed by atoms with Crippen molar-refractivity contribution >= 4 is 11.9 Å². The molecule has 1 aliphatic rings. The number of esters is 1. The van der Waals surface area contributed by atoms with Gasteiger partial charge in [-0.05, 0) is 44.5 Å². The summed E-state index contributed by atoms with van der Waals surface area (Å²) in [5.41, 5.74) is 1.67. The number of carbonyl (C=O) groups is 2. The third-order valence-corrected chi connectivity index (χ3v) is 4.83. The highest BCUT2D eigenvalue weighted by Gasteiger charge is 2.27. The molecule has 0 spiro atoms. The van der Waals surface area contributed by atoms with Gasteiger partial charge in [0.25, 0.3) is 5.91 Å². The normalized spacial score (nSPS) is 16.4. The summed E-state index contributed by atoms with van der Waals surface area (Å²) in [5, 5.41) is 2.96. The van der Waals surface area contributed by atoms with Crippen LogP contribution in [0.4, 0.5) is 0 Å². The standard InChI is InChI=1S/C19H31N3O3/c1-4-5-11-20-19(24)17-10-9-16(21(17)3)18(14-25-15(2)23)22-12-7-6-8-13-22/h9-10,18H,4-8,11-14H2,1-3H3,(H,20,24). The van der Waals surface area contributed by atoms with Crippen molar-refractivity contribution in [2.24, 2.45) is 7.05 Å². The van der Waals surface area contributed by atoms with Gasteiger partial charge in [-0.2, -0.15) is 0 Å². The van der Waals surface area contributed by atoms with Crippen LogP contribution in [-0.4, -0.2) is 47.6 Å². The lowest BCUT2D eigenvalue weighted by atomic mass is 10.1. The van der Waals surface area contributed by atoms with Crippen LogP contribution in [-0.2, 0) is 16.6 Å². The van der Waals surface area contributed by atoms with E-state index in [9.17, 15) is 9.59 Å². The molecule has 0 aliphatic carbocycles. The van der Waals surface area contributed by atoms with E-state index in [1.54, 1.807) is 0 Å². The maximum Gasteiger partial charge on any atom is 0.302 e. The number of ether oxygens (including phenoxy) is 1. The molecule has 1 unspecified atom stereocenters. The molecule has 1 atom stereocenters. The molecule has 0 saturated carbocycles. The largest absolute Gasteiger partial charge is 0.464 e. The number of likely N-dealkylation sites (tertiary alicyclic amines) is 1. The minimum absolute atomic E-state index is 0.00797. The Morgan fingerprint density at radius 2 is 1.96 bits per heavy atom. The van der Waals surface area contributed by atoms with E-state index in [1.807, 2.05) is 23.7 Å². The lowest BCUT2D eigenvalue weighted by Crippen LogP contribution is -2.37. The van der Waals surface area contributed by atoms with Crippen molar-refractivity contribution in [2.75, 3.05) is 26.2 Å². The quantitative estimate of drug-likeness (QED) is 0.579. The Bertz CT molecular complexity index is 576. The summed E-state index contributed by atoms with van der Waals surface area (Å²) in [6.45, 7) is 6.54. The third kappa shape index (κ3) is 5.33.